The second-order valence-corrected chi connectivity index (χ2v) is 9.88. The van der Waals surface area contributed by atoms with Crippen molar-refractivity contribution in [3.05, 3.63) is 76.5 Å². The Bertz CT molecular complexity index is 1070. The van der Waals surface area contributed by atoms with Crippen LogP contribution in [0.4, 0.5) is 15.2 Å². The van der Waals surface area contributed by atoms with E-state index >= 15 is 0 Å². The topological polar surface area (TPSA) is 48.5 Å². The average molecular weight is 453 g/mol. The standard InChI is InChI=1S/C25H29FN4OS/c1-25(2,3)22-17-32-24(28-22)30(21-7-5-4-6-20(21)26)16-18-8-10-19(11-9-18)23(31)29-14-12-27-13-15-29/h4-11,17,27H,12-16H2,1-3H3. The molecule has 2 aromatic carbocycles. The van der Waals surface area contributed by atoms with Crippen molar-refractivity contribution in [2.75, 3.05) is 31.1 Å². The zero-order valence-corrected chi connectivity index (χ0v) is 19.6. The molecule has 1 saturated heterocycles. The van der Waals surface area contributed by atoms with Crippen LogP contribution in [0.1, 0.15) is 42.4 Å². The highest BCUT2D eigenvalue weighted by Crippen LogP contribution is 2.35. The van der Waals surface area contributed by atoms with Crippen molar-refractivity contribution in [3.8, 4) is 0 Å². The van der Waals surface area contributed by atoms with Crippen molar-refractivity contribution in [2.24, 2.45) is 0 Å². The third kappa shape index (κ3) is 5.00. The van der Waals surface area contributed by atoms with Crippen LogP contribution in [0.25, 0.3) is 0 Å². The second-order valence-electron chi connectivity index (χ2n) is 9.04. The summed E-state index contributed by atoms with van der Waals surface area (Å²) < 4.78 is 14.7. The first-order valence-electron chi connectivity index (χ1n) is 10.9. The summed E-state index contributed by atoms with van der Waals surface area (Å²) in [6.07, 6.45) is 0. The van der Waals surface area contributed by atoms with Gasteiger partial charge in [0.25, 0.3) is 5.91 Å². The number of para-hydroxylation sites is 1. The monoisotopic (exact) mass is 452 g/mol. The van der Waals surface area contributed by atoms with Gasteiger partial charge in [0.2, 0.25) is 0 Å². The lowest BCUT2D eigenvalue weighted by molar-refractivity contribution is 0.0736. The summed E-state index contributed by atoms with van der Waals surface area (Å²) >= 11 is 1.52. The summed E-state index contributed by atoms with van der Waals surface area (Å²) in [7, 11) is 0. The average Bonchev–Trinajstić information content (AvgIpc) is 3.29. The molecule has 0 bridgehead atoms. The molecule has 0 spiro atoms. The molecule has 32 heavy (non-hydrogen) atoms. The molecular weight excluding hydrogens is 423 g/mol. The van der Waals surface area contributed by atoms with Crippen molar-refractivity contribution < 1.29 is 9.18 Å². The second kappa shape index (κ2) is 9.38. The van der Waals surface area contributed by atoms with Gasteiger partial charge in [0.1, 0.15) is 5.82 Å². The van der Waals surface area contributed by atoms with Gasteiger partial charge >= 0.3 is 0 Å². The fourth-order valence-corrected chi connectivity index (χ4v) is 4.71. The molecule has 168 valence electrons. The predicted octanol–water partition coefficient (Wildman–Crippen LogP) is 4.96. The highest BCUT2D eigenvalue weighted by atomic mass is 32.1. The fourth-order valence-electron chi connectivity index (χ4n) is 3.65. The number of nitrogens with zero attached hydrogens (tertiary/aromatic N) is 3. The fraction of sp³-hybridized carbons (Fsp3) is 0.360. The summed E-state index contributed by atoms with van der Waals surface area (Å²) in [5.41, 5.74) is 3.05. The molecule has 5 nitrogen and oxygen atoms in total. The Kier molecular flexibility index (Phi) is 6.58. The number of amides is 1. The van der Waals surface area contributed by atoms with Gasteiger partial charge in [0, 0.05) is 42.5 Å². The first kappa shape index (κ1) is 22.4. The number of benzene rings is 2. The maximum atomic E-state index is 14.7. The van der Waals surface area contributed by atoms with E-state index in [1.165, 1.54) is 17.4 Å². The lowest BCUT2D eigenvalue weighted by atomic mass is 9.93. The Hall–Kier alpha value is -2.77. The SMILES string of the molecule is CC(C)(C)c1csc(N(Cc2ccc(C(=O)N3CCNCC3)cc2)c2ccccc2F)n1. The Labute approximate surface area is 192 Å². The molecule has 2 heterocycles. The van der Waals surface area contributed by atoms with Crippen LogP contribution in [0.2, 0.25) is 0 Å². The molecule has 1 aliphatic rings. The molecule has 1 aliphatic heterocycles. The van der Waals surface area contributed by atoms with Gasteiger partial charge in [-0.15, -0.1) is 11.3 Å². The zero-order valence-electron chi connectivity index (χ0n) is 18.8. The van der Waals surface area contributed by atoms with Crippen molar-refractivity contribution in [2.45, 2.75) is 32.7 Å². The number of thiazole rings is 1. The van der Waals surface area contributed by atoms with E-state index in [0.29, 0.717) is 17.8 Å². The molecule has 0 unspecified atom stereocenters. The highest BCUT2D eigenvalue weighted by molar-refractivity contribution is 7.13. The Morgan fingerprint density at radius 1 is 1.12 bits per heavy atom. The van der Waals surface area contributed by atoms with Gasteiger partial charge in [-0.3, -0.25) is 4.79 Å². The van der Waals surface area contributed by atoms with Crippen LogP contribution >= 0.6 is 11.3 Å². The molecular formula is C25H29FN4OS. The number of carbonyl (C=O) groups excluding carboxylic acids is 1. The van der Waals surface area contributed by atoms with E-state index in [9.17, 15) is 9.18 Å². The number of nitrogens with one attached hydrogen (secondary N) is 1. The largest absolute Gasteiger partial charge is 0.336 e. The van der Waals surface area contributed by atoms with E-state index in [-0.39, 0.29) is 17.1 Å². The molecule has 0 saturated carbocycles. The van der Waals surface area contributed by atoms with Crippen molar-refractivity contribution in [1.82, 2.24) is 15.2 Å². The molecule has 4 rings (SSSR count). The molecule has 1 aromatic heterocycles. The number of halogens is 1. The molecule has 0 atom stereocenters. The van der Waals surface area contributed by atoms with Gasteiger partial charge in [-0.25, -0.2) is 9.37 Å². The number of hydrogen-bond donors (Lipinski definition) is 1. The van der Waals surface area contributed by atoms with Crippen molar-refractivity contribution in [1.29, 1.82) is 0 Å². The summed E-state index contributed by atoms with van der Waals surface area (Å²) in [4.78, 5) is 21.3. The molecule has 1 fully saturated rings. The highest BCUT2D eigenvalue weighted by Gasteiger charge is 2.23. The summed E-state index contributed by atoms with van der Waals surface area (Å²) in [5.74, 6) is -0.232. The van der Waals surface area contributed by atoms with Gasteiger partial charge in [0.15, 0.2) is 5.13 Å². The number of aromatic nitrogens is 1. The summed E-state index contributed by atoms with van der Waals surface area (Å²) in [5, 5.41) is 6.05. The number of rotatable bonds is 5. The van der Waals surface area contributed by atoms with Gasteiger partial charge in [-0.05, 0) is 29.8 Å². The first-order chi connectivity index (χ1) is 15.3. The number of hydrogen-bond acceptors (Lipinski definition) is 5. The molecule has 0 aliphatic carbocycles. The quantitative estimate of drug-likeness (QED) is 0.594. The van der Waals surface area contributed by atoms with E-state index in [1.807, 2.05) is 45.5 Å². The molecule has 1 amide bonds. The normalized spacial score (nSPS) is 14.4. The Morgan fingerprint density at radius 2 is 1.81 bits per heavy atom. The van der Waals surface area contributed by atoms with Crippen LogP contribution in [-0.4, -0.2) is 42.0 Å². The lowest BCUT2D eigenvalue weighted by Crippen LogP contribution is -2.46. The van der Waals surface area contributed by atoms with Crippen LogP contribution in [0.15, 0.2) is 53.9 Å². The van der Waals surface area contributed by atoms with Gasteiger partial charge in [0.05, 0.1) is 17.9 Å². The van der Waals surface area contributed by atoms with Gasteiger partial charge < -0.3 is 15.1 Å². The minimum absolute atomic E-state index is 0.0544. The smallest absolute Gasteiger partial charge is 0.253 e. The maximum Gasteiger partial charge on any atom is 0.253 e. The third-order valence-electron chi connectivity index (χ3n) is 5.58. The van der Waals surface area contributed by atoms with E-state index in [1.54, 1.807) is 12.1 Å². The Balaban J connectivity index is 1.59. The minimum Gasteiger partial charge on any atom is -0.336 e. The number of anilines is 2. The maximum absolute atomic E-state index is 14.7. The van der Waals surface area contributed by atoms with Crippen LogP contribution in [0.3, 0.4) is 0 Å². The van der Waals surface area contributed by atoms with Gasteiger partial charge in [-0.1, -0.05) is 45.0 Å². The van der Waals surface area contributed by atoms with E-state index < -0.39 is 0 Å². The minimum atomic E-state index is -0.287. The first-order valence-corrected chi connectivity index (χ1v) is 11.8. The lowest BCUT2D eigenvalue weighted by Gasteiger charge is -2.27. The molecule has 0 radical (unpaired) electrons. The number of piperazine rings is 1. The third-order valence-corrected chi connectivity index (χ3v) is 6.44. The van der Waals surface area contributed by atoms with E-state index in [4.69, 9.17) is 4.98 Å². The summed E-state index contributed by atoms with van der Waals surface area (Å²) in [6.45, 7) is 9.91. The molecule has 3 aromatic rings. The predicted molar refractivity (Wildman–Crippen MR) is 128 cm³/mol. The van der Waals surface area contributed by atoms with E-state index in [0.717, 1.165) is 42.6 Å². The zero-order chi connectivity index (χ0) is 22.7. The molecule has 7 heteroatoms. The van der Waals surface area contributed by atoms with Crippen molar-refractivity contribution in [3.63, 3.8) is 0 Å². The molecule has 1 N–H and O–H groups in total. The van der Waals surface area contributed by atoms with E-state index in [2.05, 4.69) is 26.1 Å². The van der Waals surface area contributed by atoms with Crippen LogP contribution in [0, 0.1) is 5.82 Å². The van der Waals surface area contributed by atoms with Crippen molar-refractivity contribution >= 4 is 28.1 Å². The van der Waals surface area contributed by atoms with Crippen LogP contribution in [0.5, 0.6) is 0 Å². The van der Waals surface area contributed by atoms with Gasteiger partial charge in [-0.2, -0.15) is 0 Å². The Morgan fingerprint density at radius 3 is 2.44 bits per heavy atom. The number of carbonyl (C=O) groups is 1. The van der Waals surface area contributed by atoms with Crippen LogP contribution in [-0.2, 0) is 12.0 Å². The van der Waals surface area contributed by atoms with Crippen LogP contribution < -0.4 is 10.2 Å². The summed E-state index contributed by atoms with van der Waals surface area (Å²) in [6, 6.07) is 14.4.